The Labute approximate surface area is 203 Å². The lowest BCUT2D eigenvalue weighted by molar-refractivity contribution is -0.274. The maximum absolute atomic E-state index is 14.0. The maximum atomic E-state index is 14.0. The van der Waals surface area contributed by atoms with Gasteiger partial charge in [-0.05, 0) is 66.8 Å². The number of alkyl halides is 3. The summed E-state index contributed by atoms with van der Waals surface area (Å²) in [6.07, 6.45) is -2.37. The van der Waals surface area contributed by atoms with Crippen LogP contribution in [0.2, 0.25) is 0 Å². The summed E-state index contributed by atoms with van der Waals surface area (Å²) in [7, 11) is 0. The molecule has 0 radical (unpaired) electrons. The van der Waals surface area contributed by atoms with Crippen LogP contribution in [0, 0.1) is 18.7 Å². The van der Waals surface area contributed by atoms with Crippen molar-refractivity contribution >= 4 is 17.5 Å². The average molecular weight is 503 g/mol. The Morgan fingerprint density at radius 1 is 1.00 bits per heavy atom. The van der Waals surface area contributed by atoms with Gasteiger partial charge in [-0.1, -0.05) is 6.07 Å². The molecule has 1 amide bonds. The summed E-state index contributed by atoms with van der Waals surface area (Å²) in [6, 6.07) is 9.02. The zero-order chi connectivity index (χ0) is 25.9. The standard InChI is InChI=1S/C25H21F4N3O4/c1-14-8-19(35-23-12-22(30-13-31-23)32-24(34)15-2-3-15)5-4-16(14)9-18(33)10-17-11-20(6-7-21(17)26)36-25(27,28)29/h4-8,11-13,15H,2-3,9-10H2,1H3,(H,30,31,32,34). The Morgan fingerprint density at radius 2 is 1.72 bits per heavy atom. The van der Waals surface area contributed by atoms with Crippen molar-refractivity contribution in [2.24, 2.45) is 5.92 Å². The second-order valence-corrected chi connectivity index (χ2v) is 8.39. The van der Waals surface area contributed by atoms with Crippen LogP contribution in [0.3, 0.4) is 0 Å². The van der Waals surface area contributed by atoms with E-state index in [1.54, 1.807) is 25.1 Å². The van der Waals surface area contributed by atoms with Crippen LogP contribution in [0.15, 0.2) is 48.8 Å². The van der Waals surface area contributed by atoms with Crippen LogP contribution >= 0.6 is 0 Å². The molecule has 11 heteroatoms. The predicted octanol–water partition coefficient (Wildman–Crippen LogP) is 5.32. The highest BCUT2D eigenvalue weighted by molar-refractivity contribution is 5.93. The van der Waals surface area contributed by atoms with E-state index in [0.29, 0.717) is 22.7 Å². The van der Waals surface area contributed by atoms with Crippen LogP contribution in [-0.4, -0.2) is 28.0 Å². The van der Waals surface area contributed by atoms with Crippen molar-refractivity contribution in [3.63, 3.8) is 0 Å². The van der Waals surface area contributed by atoms with E-state index in [2.05, 4.69) is 20.0 Å². The van der Waals surface area contributed by atoms with Crippen molar-refractivity contribution in [2.75, 3.05) is 5.32 Å². The number of Topliss-reactive ketones (excluding diaryl/α,β-unsaturated/α-hetero) is 1. The molecule has 1 N–H and O–H groups in total. The first kappa shape index (κ1) is 25.1. The number of ether oxygens (including phenoxy) is 2. The number of anilines is 1. The van der Waals surface area contributed by atoms with Gasteiger partial charge in [0.15, 0.2) is 0 Å². The third-order valence-electron chi connectivity index (χ3n) is 5.40. The number of hydrogen-bond acceptors (Lipinski definition) is 6. The van der Waals surface area contributed by atoms with Crippen molar-refractivity contribution in [3.05, 3.63) is 71.3 Å². The zero-order valence-corrected chi connectivity index (χ0v) is 19.1. The third kappa shape index (κ3) is 7.00. The highest BCUT2D eigenvalue weighted by atomic mass is 19.4. The number of benzene rings is 2. The highest BCUT2D eigenvalue weighted by Gasteiger charge is 2.31. The molecule has 7 nitrogen and oxygen atoms in total. The molecule has 0 saturated heterocycles. The van der Waals surface area contributed by atoms with Gasteiger partial charge in [-0.3, -0.25) is 9.59 Å². The summed E-state index contributed by atoms with van der Waals surface area (Å²) in [6.45, 7) is 1.76. The molecule has 0 atom stereocenters. The number of aromatic nitrogens is 2. The van der Waals surface area contributed by atoms with Gasteiger partial charge in [0, 0.05) is 24.8 Å². The van der Waals surface area contributed by atoms with E-state index in [0.717, 1.165) is 31.0 Å². The lowest BCUT2D eigenvalue weighted by atomic mass is 9.99. The lowest BCUT2D eigenvalue weighted by Crippen LogP contribution is -2.17. The smallest absolute Gasteiger partial charge is 0.439 e. The first-order valence-electron chi connectivity index (χ1n) is 11.0. The second-order valence-electron chi connectivity index (χ2n) is 8.39. The number of hydrogen-bond donors (Lipinski definition) is 1. The van der Waals surface area contributed by atoms with E-state index in [9.17, 15) is 27.2 Å². The molecule has 1 saturated carbocycles. The molecule has 1 fully saturated rings. The maximum Gasteiger partial charge on any atom is 0.573 e. The van der Waals surface area contributed by atoms with Gasteiger partial charge < -0.3 is 14.8 Å². The molecule has 4 rings (SSSR count). The van der Waals surface area contributed by atoms with Crippen LogP contribution in [0.5, 0.6) is 17.4 Å². The fourth-order valence-electron chi connectivity index (χ4n) is 3.46. The topological polar surface area (TPSA) is 90.4 Å². The van der Waals surface area contributed by atoms with E-state index in [4.69, 9.17) is 4.74 Å². The molecular weight excluding hydrogens is 482 g/mol. The zero-order valence-electron chi connectivity index (χ0n) is 19.1. The van der Waals surface area contributed by atoms with E-state index >= 15 is 0 Å². The van der Waals surface area contributed by atoms with Crippen molar-refractivity contribution < 1.29 is 36.6 Å². The molecule has 1 aliphatic carbocycles. The summed E-state index contributed by atoms with van der Waals surface area (Å²) < 4.78 is 60.8. The Morgan fingerprint density at radius 3 is 2.42 bits per heavy atom. The van der Waals surface area contributed by atoms with Crippen molar-refractivity contribution in [3.8, 4) is 17.4 Å². The van der Waals surface area contributed by atoms with Gasteiger partial charge in [0.2, 0.25) is 11.8 Å². The van der Waals surface area contributed by atoms with Crippen molar-refractivity contribution in [1.29, 1.82) is 0 Å². The predicted molar refractivity (Wildman–Crippen MR) is 120 cm³/mol. The minimum absolute atomic E-state index is 0.0240. The number of carbonyl (C=O) groups is 2. The fraction of sp³-hybridized carbons (Fsp3) is 0.280. The number of aryl methyl sites for hydroxylation is 1. The number of carbonyl (C=O) groups excluding carboxylic acids is 2. The molecule has 1 aromatic heterocycles. The molecule has 2 aromatic carbocycles. The Kier molecular flexibility index (Phi) is 7.18. The van der Waals surface area contributed by atoms with Crippen LogP contribution < -0.4 is 14.8 Å². The van der Waals surface area contributed by atoms with E-state index in [-0.39, 0.29) is 35.5 Å². The molecular formula is C25H21F4N3O4. The summed E-state index contributed by atoms with van der Waals surface area (Å²) >= 11 is 0. The second kappa shape index (κ2) is 10.3. The van der Waals surface area contributed by atoms with Crippen molar-refractivity contribution in [2.45, 2.75) is 39.0 Å². The molecule has 188 valence electrons. The SMILES string of the molecule is Cc1cc(Oc2cc(NC(=O)C3CC3)ncn2)ccc1CC(=O)Cc1cc(OC(F)(F)F)ccc1F. The fourth-order valence-corrected chi connectivity index (χ4v) is 3.46. The highest BCUT2D eigenvalue weighted by Crippen LogP contribution is 2.30. The number of ketones is 1. The molecule has 0 unspecified atom stereocenters. The van der Waals surface area contributed by atoms with Gasteiger partial charge in [0.05, 0.1) is 0 Å². The van der Waals surface area contributed by atoms with Gasteiger partial charge in [-0.2, -0.15) is 0 Å². The number of amides is 1. The van der Waals surface area contributed by atoms with E-state index < -0.39 is 24.3 Å². The monoisotopic (exact) mass is 503 g/mol. The lowest BCUT2D eigenvalue weighted by Gasteiger charge is -2.12. The number of nitrogens with one attached hydrogen (secondary N) is 1. The molecule has 1 aliphatic rings. The van der Waals surface area contributed by atoms with Gasteiger partial charge in [0.25, 0.3) is 0 Å². The quantitative estimate of drug-likeness (QED) is 0.398. The number of halogens is 4. The summed E-state index contributed by atoms with van der Waals surface area (Å²) in [5.41, 5.74) is 1.18. The summed E-state index contributed by atoms with van der Waals surface area (Å²) in [4.78, 5) is 32.5. The van der Waals surface area contributed by atoms with Gasteiger partial charge in [0.1, 0.15) is 35.2 Å². The Bertz CT molecular complexity index is 1290. The minimum atomic E-state index is -4.92. The number of nitrogens with zero attached hydrogens (tertiary/aromatic N) is 2. The van der Waals surface area contributed by atoms with Crippen LogP contribution in [0.1, 0.15) is 29.5 Å². The van der Waals surface area contributed by atoms with Crippen LogP contribution in [0.25, 0.3) is 0 Å². The van der Waals surface area contributed by atoms with E-state index in [1.807, 2.05) is 0 Å². The average Bonchev–Trinajstić information content (AvgIpc) is 3.63. The molecule has 1 heterocycles. The summed E-state index contributed by atoms with van der Waals surface area (Å²) in [5.74, 6) is -0.865. The van der Waals surface area contributed by atoms with Crippen LogP contribution in [0.4, 0.5) is 23.4 Å². The van der Waals surface area contributed by atoms with Crippen molar-refractivity contribution in [1.82, 2.24) is 9.97 Å². The number of rotatable bonds is 9. The molecule has 0 aliphatic heterocycles. The van der Waals surface area contributed by atoms with E-state index in [1.165, 1.54) is 12.4 Å². The van der Waals surface area contributed by atoms with Gasteiger partial charge in [-0.15, -0.1) is 13.2 Å². The Balaban J connectivity index is 1.38. The Hall–Kier alpha value is -4.02. The van der Waals surface area contributed by atoms with Gasteiger partial charge in [-0.25, -0.2) is 14.4 Å². The first-order valence-corrected chi connectivity index (χ1v) is 11.0. The molecule has 3 aromatic rings. The third-order valence-corrected chi connectivity index (χ3v) is 5.40. The minimum Gasteiger partial charge on any atom is -0.439 e. The normalized spacial score (nSPS) is 13.2. The largest absolute Gasteiger partial charge is 0.573 e. The van der Waals surface area contributed by atoms with Gasteiger partial charge >= 0.3 is 6.36 Å². The first-order chi connectivity index (χ1) is 17.1. The van der Waals surface area contributed by atoms with Crippen LogP contribution in [-0.2, 0) is 22.4 Å². The summed E-state index contributed by atoms with van der Waals surface area (Å²) in [5, 5.41) is 2.71. The molecule has 36 heavy (non-hydrogen) atoms. The molecule has 0 bridgehead atoms. The molecule has 0 spiro atoms.